The van der Waals surface area contributed by atoms with E-state index in [0.29, 0.717) is 0 Å². The molecular weight excluding hydrogens is 376 g/mol. The van der Waals surface area contributed by atoms with E-state index in [4.69, 9.17) is 4.74 Å². The highest BCUT2D eigenvalue weighted by Gasteiger charge is 2.28. The number of halogens is 2. The summed E-state index contributed by atoms with van der Waals surface area (Å²) >= 11 is 0. The average molecular weight is 397 g/mol. The molecule has 0 spiro atoms. The van der Waals surface area contributed by atoms with Gasteiger partial charge in [-0.15, -0.1) is 0 Å². The number of benzene rings is 3. The summed E-state index contributed by atoms with van der Waals surface area (Å²) in [7, 11) is 0. The Bertz CT molecular complexity index is 1020. The Morgan fingerprint density at radius 3 is 2.24 bits per heavy atom. The number of amides is 1. The molecule has 0 heterocycles. The Balaban J connectivity index is 1.74. The first-order valence-corrected chi connectivity index (χ1v) is 9.26. The number of hydrogen-bond acceptors (Lipinski definition) is 3. The maximum Gasteiger partial charge on any atom is 0.329 e. The number of carbonyl (C=O) groups is 2. The summed E-state index contributed by atoms with van der Waals surface area (Å²) in [6.45, 7) is 3.44. The van der Waals surface area contributed by atoms with E-state index < -0.39 is 35.1 Å². The molecule has 3 aromatic carbocycles. The number of nitrogens with one attached hydrogen (secondary N) is 1. The Morgan fingerprint density at radius 1 is 0.931 bits per heavy atom. The van der Waals surface area contributed by atoms with Crippen LogP contribution in [0.25, 0.3) is 10.8 Å². The van der Waals surface area contributed by atoms with E-state index in [-0.39, 0.29) is 12.5 Å². The van der Waals surface area contributed by atoms with Crippen molar-refractivity contribution in [3.8, 4) is 0 Å². The van der Waals surface area contributed by atoms with Crippen molar-refractivity contribution in [2.24, 2.45) is 5.92 Å². The van der Waals surface area contributed by atoms with Crippen LogP contribution >= 0.6 is 0 Å². The lowest BCUT2D eigenvalue weighted by Gasteiger charge is -2.21. The van der Waals surface area contributed by atoms with Crippen LogP contribution in [-0.4, -0.2) is 17.9 Å². The molecule has 150 valence electrons. The number of fused-ring (bicyclic) bond motifs is 1. The van der Waals surface area contributed by atoms with Crippen LogP contribution in [0.1, 0.15) is 29.8 Å². The van der Waals surface area contributed by atoms with E-state index in [2.05, 4.69) is 5.32 Å². The third kappa shape index (κ3) is 4.59. The Labute approximate surface area is 167 Å². The minimum Gasteiger partial charge on any atom is -0.459 e. The van der Waals surface area contributed by atoms with E-state index in [1.807, 2.05) is 42.5 Å². The summed E-state index contributed by atoms with van der Waals surface area (Å²) in [4.78, 5) is 25.0. The third-order valence-electron chi connectivity index (χ3n) is 4.65. The van der Waals surface area contributed by atoms with Crippen molar-refractivity contribution < 1.29 is 23.1 Å². The fourth-order valence-corrected chi connectivity index (χ4v) is 3.08. The van der Waals surface area contributed by atoms with Gasteiger partial charge in [0.15, 0.2) is 0 Å². The summed E-state index contributed by atoms with van der Waals surface area (Å²) < 4.78 is 33.1. The number of carbonyl (C=O) groups excluding carboxylic acids is 2. The third-order valence-corrected chi connectivity index (χ3v) is 4.65. The Morgan fingerprint density at radius 2 is 1.55 bits per heavy atom. The van der Waals surface area contributed by atoms with Gasteiger partial charge in [0.1, 0.15) is 29.8 Å². The zero-order chi connectivity index (χ0) is 21.0. The molecule has 0 fully saturated rings. The fraction of sp³-hybridized carbons (Fsp3) is 0.217. The van der Waals surface area contributed by atoms with Crippen LogP contribution in [0.4, 0.5) is 8.78 Å². The zero-order valence-electron chi connectivity index (χ0n) is 16.1. The summed E-state index contributed by atoms with van der Waals surface area (Å²) in [5.41, 5.74) is 0.102. The van der Waals surface area contributed by atoms with Gasteiger partial charge in [0.2, 0.25) is 0 Å². The van der Waals surface area contributed by atoms with Gasteiger partial charge in [-0.25, -0.2) is 13.6 Å². The molecule has 3 rings (SSSR count). The lowest BCUT2D eigenvalue weighted by Crippen LogP contribution is -2.45. The standard InChI is InChI=1S/C23H21F2NO3/c1-14(2)21(26-22(27)20-18(24)11-6-12-19(20)25)23(28)29-13-16-9-5-8-15-7-3-4-10-17(15)16/h3-12,14,21H,13H2,1-2H3,(H,26,27)/t21-/m0/s1. The van der Waals surface area contributed by atoms with Crippen molar-refractivity contribution in [2.75, 3.05) is 0 Å². The zero-order valence-corrected chi connectivity index (χ0v) is 16.1. The molecule has 29 heavy (non-hydrogen) atoms. The SMILES string of the molecule is CC(C)[C@H](NC(=O)c1c(F)cccc1F)C(=O)OCc1cccc2ccccc12. The summed E-state index contributed by atoms with van der Waals surface area (Å²) in [6.07, 6.45) is 0. The first kappa shape index (κ1) is 20.5. The van der Waals surface area contributed by atoms with Crippen LogP contribution in [0, 0.1) is 17.6 Å². The van der Waals surface area contributed by atoms with Gasteiger partial charge in [0.25, 0.3) is 5.91 Å². The van der Waals surface area contributed by atoms with Crippen LogP contribution in [0.5, 0.6) is 0 Å². The van der Waals surface area contributed by atoms with Crippen molar-refractivity contribution >= 4 is 22.6 Å². The molecule has 1 atom stereocenters. The van der Waals surface area contributed by atoms with E-state index in [9.17, 15) is 18.4 Å². The van der Waals surface area contributed by atoms with Gasteiger partial charge in [-0.2, -0.15) is 0 Å². The van der Waals surface area contributed by atoms with Crippen LogP contribution in [0.2, 0.25) is 0 Å². The van der Waals surface area contributed by atoms with E-state index >= 15 is 0 Å². The van der Waals surface area contributed by atoms with Crippen LogP contribution in [-0.2, 0) is 16.1 Å². The molecule has 0 saturated carbocycles. The first-order valence-electron chi connectivity index (χ1n) is 9.26. The molecule has 0 aromatic heterocycles. The normalized spacial score (nSPS) is 12.0. The number of ether oxygens (including phenoxy) is 1. The van der Waals surface area contributed by atoms with Gasteiger partial charge in [-0.1, -0.05) is 62.4 Å². The van der Waals surface area contributed by atoms with Crippen LogP contribution < -0.4 is 5.32 Å². The topological polar surface area (TPSA) is 55.4 Å². The van der Waals surface area contributed by atoms with E-state index in [1.54, 1.807) is 13.8 Å². The molecular formula is C23H21F2NO3. The molecule has 0 unspecified atom stereocenters. The minimum absolute atomic E-state index is 0.0212. The molecule has 6 heteroatoms. The number of esters is 1. The number of rotatable bonds is 6. The highest BCUT2D eigenvalue weighted by Crippen LogP contribution is 2.20. The van der Waals surface area contributed by atoms with E-state index in [1.165, 1.54) is 6.07 Å². The molecule has 0 saturated heterocycles. The summed E-state index contributed by atoms with van der Waals surface area (Å²) in [5.74, 6) is -3.99. The Hall–Kier alpha value is -3.28. The highest BCUT2D eigenvalue weighted by atomic mass is 19.1. The quantitative estimate of drug-likeness (QED) is 0.618. The van der Waals surface area contributed by atoms with Crippen molar-refractivity contribution in [1.29, 1.82) is 0 Å². The molecule has 4 nitrogen and oxygen atoms in total. The van der Waals surface area contributed by atoms with Gasteiger partial charge in [-0.05, 0) is 34.4 Å². The molecule has 0 radical (unpaired) electrons. The van der Waals surface area contributed by atoms with Crippen molar-refractivity contribution in [3.05, 3.63) is 83.4 Å². The summed E-state index contributed by atoms with van der Waals surface area (Å²) in [6, 6.07) is 15.5. The maximum absolute atomic E-state index is 13.9. The number of hydrogen-bond donors (Lipinski definition) is 1. The van der Waals surface area contributed by atoms with Gasteiger partial charge in [0.05, 0.1) is 0 Å². The molecule has 1 amide bonds. The van der Waals surface area contributed by atoms with Crippen LogP contribution in [0.15, 0.2) is 60.7 Å². The Kier molecular flexibility index (Phi) is 6.22. The summed E-state index contributed by atoms with van der Waals surface area (Å²) in [5, 5.41) is 4.37. The first-order chi connectivity index (χ1) is 13.9. The predicted octanol–water partition coefficient (Wildman–Crippen LogP) is 4.62. The predicted molar refractivity (Wildman–Crippen MR) is 106 cm³/mol. The minimum atomic E-state index is -1.04. The lowest BCUT2D eigenvalue weighted by atomic mass is 10.0. The second kappa shape index (κ2) is 8.82. The molecule has 0 aliphatic rings. The van der Waals surface area contributed by atoms with Gasteiger partial charge in [0, 0.05) is 0 Å². The second-order valence-corrected chi connectivity index (χ2v) is 7.04. The van der Waals surface area contributed by atoms with Crippen LogP contribution in [0.3, 0.4) is 0 Å². The van der Waals surface area contributed by atoms with Crippen molar-refractivity contribution in [2.45, 2.75) is 26.5 Å². The fourth-order valence-electron chi connectivity index (χ4n) is 3.08. The van der Waals surface area contributed by atoms with Crippen molar-refractivity contribution in [1.82, 2.24) is 5.32 Å². The highest BCUT2D eigenvalue weighted by molar-refractivity contribution is 5.97. The molecule has 0 aliphatic heterocycles. The maximum atomic E-state index is 13.9. The molecule has 0 bridgehead atoms. The van der Waals surface area contributed by atoms with E-state index in [0.717, 1.165) is 28.5 Å². The van der Waals surface area contributed by atoms with Gasteiger partial charge < -0.3 is 10.1 Å². The van der Waals surface area contributed by atoms with Crippen molar-refractivity contribution in [3.63, 3.8) is 0 Å². The average Bonchev–Trinajstić information content (AvgIpc) is 2.69. The largest absolute Gasteiger partial charge is 0.459 e. The monoisotopic (exact) mass is 397 g/mol. The smallest absolute Gasteiger partial charge is 0.329 e. The molecule has 3 aromatic rings. The second-order valence-electron chi connectivity index (χ2n) is 7.04. The van der Waals surface area contributed by atoms with Gasteiger partial charge in [-0.3, -0.25) is 4.79 Å². The van der Waals surface area contributed by atoms with Gasteiger partial charge >= 0.3 is 5.97 Å². The lowest BCUT2D eigenvalue weighted by molar-refractivity contribution is -0.148. The molecule has 1 N–H and O–H groups in total. The molecule has 0 aliphatic carbocycles.